The van der Waals surface area contributed by atoms with Crippen LogP contribution in [0.4, 0.5) is 0 Å². The molecule has 1 aromatic rings. The van der Waals surface area contributed by atoms with Crippen molar-refractivity contribution in [1.82, 2.24) is 10.3 Å². The van der Waals surface area contributed by atoms with Crippen LogP contribution in [-0.2, 0) is 4.79 Å². The first kappa shape index (κ1) is 17.0. The van der Waals surface area contributed by atoms with E-state index in [0.717, 1.165) is 0 Å². The highest BCUT2D eigenvalue weighted by molar-refractivity contribution is 6.48. The number of pyridine rings is 1. The Morgan fingerprint density at radius 2 is 1.90 bits per heavy atom. The molecule has 0 saturated carbocycles. The van der Waals surface area contributed by atoms with Crippen molar-refractivity contribution < 1.29 is 14.7 Å². The minimum atomic E-state index is -0.932. The van der Waals surface area contributed by atoms with E-state index in [1.54, 1.807) is 13.8 Å². The lowest BCUT2D eigenvalue weighted by Crippen LogP contribution is -2.44. The van der Waals surface area contributed by atoms with Gasteiger partial charge in [0, 0.05) is 18.2 Å². The molecule has 1 heterocycles. The summed E-state index contributed by atoms with van der Waals surface area (Å²) in [5, 5.41) is 11.5. The number of carbonyl (C=O) groups is 2. The van der Waals surface area contributed by atoms with E-state index in [4.69, 9.17) is 39.9 Å². The predicted octanol–water partition coefficient (Wildman–Crippen LogP) is 3.42. The molecule has 0 aliphatic heterocycles. The number of carboxylic acids is 1. The van der Waals surface area contributed by atoms with Crippen molar-refractivity contribution in [3.63, 3.8) is 0 Å². The Balaban J connectivity index is 2.86. The van der Waals surface area contributed by atoms with Crippen LogP contribution in [-0.4, -0.2) is 27.5 Å². The van der Waals surface area contributed by atoms with E-state index in [-0.39, 0.29) is 33.6 Å². The highest BCUT2D eigenvalue weighted by Crippen LogP contribution is 2.31. The zero-order valence-electron chi connectivity index (χ0n) is 10.8. The van der Waals surface area contributed by atoms with Gasteiger partial charge in [0.25, 0.3) is 5.91 Å². The maximum atomic E-state index is 12.1. The number of amides is 1. The number of rotatable bonds is 5. The van der Waals surface area contributed by atoms with Gasteiger partial charge in [-0.25, -0.2) is 4.98 Å². The molecule has 110 valence electrons. The fraction of sp³-hybridized carbons (Fsp3) is 0.417. The number of aliphatic carboxylic acids is 1. The quantitative estimate of drug-likeness (QED) is 0.861. The van der Waals surface area contributed by atoms with Crippen molar-refractivity contribution in [2.45, 2.75) is 32.2 Å². The van der Waals surface area contributed by atoms with Gasteiger partial charge in [-0.2, -0.15) is 0 Å². The second-order valence-corrected chi connectivity index (χ2v) is 5.98. The van der Waals surface area contributed by atoms with E-state index >= 15 is 0 Å². The summed E-state index contributed by atoms with van der Waals surface area (Å²) in [6.45, 7) is 3.42. The highest BCUT2D eigenvalue weighted by Gasteiger charge is 2.25. The van der Waals surface area contributed by atoms with E-state index < -0.39 is 17.4 Å². The first-order chi connectivity index (χ1) is 9.14. The van der Waals surface area contributed by atoms with Gasteiger partial charge < -0.3 is 10.4 Å². The van der Waals surface area contributed by atoms with E-state index in [9.17, 15) is 9.59 Å². The third kappa shape index (κ3) is 4.51. The molecular weight excluding hydrogens is 327 g/mol. The van der Waals surface area contributed by atoms with Crippen LogP contribution in [0.1, 0.15) is 37.2 Å². The minimum absolute atomic E-state index is 0.0364. The van der Waals surface area contributed by atoms with Crippen LogP contribution < -0.4 is 5.32 Å². The van der Waals surface area contributed by atoms with Crippen molar-refractivity contribution in [2.75, 3.05) is 0 Å². The smallest absolute Gasteiger partial charge is 0.303 e. The number of hydrogen-bond acceptors (Lipinski definition) is 3. The molecule has 0 radical (unpaired) electrons. The number of nitrogens with zero attached hydrogens (tertiary/aromatic N) is 1. The van der Waals surface area contributed by atoms with Gasteiger partial charge in [0.2, 0.25) is 0 Å². The summed E-state index contributed by atoms with van der Waals surface area (Å²) in [6.07, 6.45) is 1.44. The Morgan fingerprint density at radius 3 is 2.45 bits per heavy atom. The summed E-state index contributed by atoms with van der Waals surface area (Å²) in [5.74, 6) is -1.47. The molecule has 0 bridgehead atoms. The molecule has 1 rings (SSSR count). The van der Waals surface area contributed by atoms with Gasteiger partial charge in [0.05, 0.1) is 15.1 Å². The number of hydrogen-bond donors (Lipinski definition) is 2. The molecule has 0 spiro atoms. The van der Waals surface area contributed by atoms with E-state index in [2.05, 4.69) is 10.3 Å². The monoisotopic (exact) mass is 338 g/mol. The third-order valence-electron chi connectivity index (χ3n) is 2.55. The largest absolute Gasteiger partial charge is 0.481 e. The van der Waals surface area contributed by atoms with Gasteiger partial charge in [-0.3, -0.25) is 9.59 Å². The maximum absolute atomic E-state index is 12.1. The molecule has 0 saturated heterocycles. The Hall–Kier alpha value is -1.04. The Labute approximate surface area is 131 Å². The van der Waals surface area contributed by atoms with E-state index in [1.807, 2.05) is 0 Å². The maximum Gasteiger partial charge on any atom is 0.303 e. The van der Waals surface area contributed by atoms with Gasteiger partial charge in [0.1, 0.15) is 5.69 Å². The van der Waals surface area contributed by atoms with Crippen molar-refractivity contribution in [2.24, 2.45) is 0 Å². The fourth-order valence-corrected chi connectivity index (χ4v) is 2.02. The summed E-state index contributed by atoms with van der Waals surface area (Å²) >= 11 is 17.5. The Bertz CT molecular complexity index is 547. The topological polar surface area (TPSA) is 79.3 Å². The summed E-state index contributed by atoms with van der Waals surface area (Å²) in [7, 11) is 0. The van der Waals surface area contributed by atoms with Crippen molar-refractivity contribution >= 4 is 46.7 Å². The SMILES string of the molecule is CC(C)(CCC(=O)O)NC(=O)c1ncc(Cl)c(Cl)c1Cl. The van der Waals surface area contributed by atoms with Gasteiger partial charge in [-0.05, 0) is 20.3 Å². The lowest BCUT2D eigenvalue weighted by Gasteiger charge is -2.25. The Morgan fingerprint density at radius 1 is 1.30 bits per heavy atom. The van der Waals surface area contributed by atoms with E-state index in [0.29, 0.717) is 0 Å². The lowest BCUT2D eigenvalue weighted by atomic mass is 9.98. The van der Waals surface area contributed by atoms with Crippen LogP contribution in [0.2, 0.25) is 15.1 Å². The van der Waals surface area contributed by atoms with Crippen LogP contribution >= 0.6 is 34.8 Å². The van der Waals surface area contributed by atoms with Gasteiger partial charge in [0.15, 0.2) is 0 Å². The van der Waals surface area contributed by atoms with Crippen LogP contribution in [0.3, 0.4) is 0 Å². The predicted molar refractivity (Wildman–Crippen MR) is 77.7 cm³/mol. The fourth-order valence-electron chi connectivity index (χ4n) is 1.45. The molecule has 0 aliphatic rings. The van der Waals surface area contributed by atoms with Crippen molar-refractivity contribution in [3.05, 3.63) is 27.0 Å². The summed E-state index contributed by atoms with van der Waals surface area (Å²) < 4.78 is 0. The van der Waals surface area contributed by atoms with Crippen LogP contribution in [0.5, 0.6) is 0 Å². The number of aromatic nitrogens is 1. The van der Waals surface area contributed by atoms with Gasteiger partial charge >= 0.3 is 5.97 Å². The molecule has 0 unspecified atom stereocenters. The number of carbonyl (C=O) groups excluding carboxylic acids is 1. The van der Waals surface area contributed by atoms with Crippen molar-refractivity contribution in [3.8, 4) is 0 Å². The minimum Gasteiger partial charge on any atom is -0.481 e. The average molecular weight is 340 g/mol. The Kier molecular flexibility index (Phi) is 5.62. The molecule has 0 aromatic carbocycles. The third-order valence-corrected chi connectivity index (χ3v) is 3.79. The second-order valence-electron chi connectivity index (χ2n) is 4.81. The number of halogens is 3. The first-order valence-corrected chi connectivity index (χ1v) is 6.81. The summed E-state index contributed by atoms with van der Waals surface area (Å²) in [5.41, 5.74) is -0.767. The number of carboxylic acid groups (broad SMARTS) is 1. The van der Waals surface area contributed by atoms with E-state index in [1.165, 1.54) is 6.20 Å². The second kappa shape index (κ2) is 6.61. The molecule has 5 nitrogen and oxygen atoms in total. The molecule has 0 aliphatic carbocycles. The molecule has 2 N–H and O–H groups in total. The zero-order valence-corrected chi connectivity index (χ0v) is 13.1. The van der Waals surface area contributed by atoms with Crippen LogP contribution in [0, 0.1) is 0 Å². The van der Waals surface area contributed by atoms with Crippen LogP contribution in [0.15, 0.2) is 6.20 Å². The highest BCUT2D eigenvalue weighted by atomic mass is 35.5. The molecule has 8 heteroatoms. The number of nitrogens with one attached hydrogen (secondary N) is 1. The lowest BCUT2D eigenvalue weighted by molar-refractivity contribution is -0.137. The standard InChI is InChI=1S/C12H13Cl3N2O3/c1-12(2,4-3-7(18)19)17-11(20)10-9(15)8(14)6(13)5-16-10/h5H,3-4H2,1-2H3,(H,17,20)(H,18,19). The zero-order chi connectivity index (χ0) is 15.5. The molecule has 0 atom stereocenters. The van der Waals surface area contributed by atoms with Gasteiger partial charge in [-0.1, -0.05) is 34.8 Å². The first-order valence-electron chi connectivity index (χ1n) is 5.68. The van der Waals surface area contributed by atoms with Crippen LogP contribution in [0.25, 0.3) is 0 Å². The molecule has 0 fully saturated rings. The van der Waals surface area contributed by atoms with Gasteiger partial charge in [-0.15, -0.1) is 0 Å². The summed E-state index contributed by atoms with van der Waals surface area (Å²) in [6, 6.07) is 0. The molecule has 1 amide bonds. The molecular formula is C12H13Cl3N2O3. The normalized spacial score (nSPS) is 11.2. The summed E-state index contributed by atoms with van der Waals surface area (Å²) in [4.78, 5) is 26.5. The average Bonchev–Trinajstić information content (AvgIpc) is 2.33. The molecule has 1 aromatic heterocycles. The molecule has 20 heavy (non-hydrogen) atoms. The van der Waals surface area contributed by atoms with Crippen molar-refractivity contribution in [1.29, 1.82) is 0 Å².